The molecule has 0 unspecified atom stereocenters. The Kier molecular flexibility index (Phi) is 3.38. The first-order chi connectivity index (χ1) is 11.6. The van der Waals surface area contributed by atoms with Crippen LogP contribution in [0.4, 0.5) is 4.79 Å². The highest BCUT2D eigenvalue weighted by Gasteiger charge is 2.55. The largest absolute Gasteiger partial charge is 0.493 e. The Morgan fingerprint density at radius 3 is 2.88 bits per heavy atom. The number of hydrogen-bond donors (Lipinski definition) is 1. The van der Waals surface area contributed by atoms with Crippen molar-refractivity contribution in [3.05, 3.63) is 52.2 Å². The Morgan fingerprint density at radius 1 is 1.25 bits per heavy atom. The van der Waals surface area contributed by atoms with Crippen molar-refractivity contribution in [3.63, 3.8) is 0 Å². The molecule has 1 aromatic carbocycles. The number of thiophene rings is 1. The van der Waals surface area contributed by atoms with Crippen LogP contribution in [0.15, 0.2) is 41.8 Å². The quantitative estimate of drug-likeness (QED) is 0.685. The van der Waals surface area contributed by atoms with Gasteiger partial charge in [0.05, 0.1) is 18.0 Å². The number of ether oxygens (including phenoxy) is 1. The molecule has 1 N–H and O–H groups in total. The fourth-order valence-corrected chi connectivity index (χ4v) is 3.83. The second-order valence-electron chi connectivity index (χ2n) is 5.72. The van der Waals surface area contributed by atoms with Crippen LogP contribution in [0.1, 0.15) is 21.7 Å². The summed E-state index contributed by atoms with van der Waals surface area (Å²) in [4.78, 5) is 39.2. The van der Waals surface area contributed by atoms with E-state index in [4.69, 9.17) is 4.74 Å². The maximum absolute atomic E-state index is 13.0. The van der Waals surface area contributed by atoms with Crippen molar-refractivity contribution >= 4 is 29.1 Å². The maximum Gasteiger partial charge on any atom is 0.325 e. The molecule has 1 saturated heterocycles. The number of benzene rings is 1. The molecule has 122 valence electrons. The third-order valence-corrected chi connectivity index (χ3v) is 5.27. The zero-order valence-electron chi connectivity index (χ0n) is 12.7. The molecule has 4 rings (SSSR count). The molecule has 0 bridgehead atoms. The highest BCUT2D eigenvalue weighted by molar-refractivity contribution is 7.12. The van der Waals surface area contributed by atoms with Gasteiger partial charge in [-0.15, -0.1) is 11.3 Å². The molecule has 1 atom stereocenters. The Bertz CT molecular complexity index is 833. The van der Waals surface area contributed by atoms with Crippen LogP contribution in [0.3, 0.4) is 0 Å². The first kappa shape index (κ1) is 14.9. The summed E-state index contributed by atoms with van der Waals surface area (Å²) in [6.45, 7) is 0.0751. The molecule has 0 saturated carbocycles. The monoisotopic (exact) mass is 342 g/mol. The van der Waals surface area contributed by atoms with Gasteiger partial charge < -0.3 is 10.1 Å². The molecule has 1 spiro atoms. The summed E-state index contributed by atoms with van der Waals surface area (Å²) in [5, 5.41) is 4.57. The number of amides is 3. The standard InChI is InChI=1S/C17H14N2O4S/c20-12(14-6-3-9-24-14)10-19-15(21)17(18-16(19)22)7-8-23-13-5-2-1-4-11(13)17/h1-6,9H,7-8,10H2,(H,18,22)/t17-/m1/s1. The molecule has 0 radical (unpaired) electrons. The lowest BCUT2D eigenvalue weighted by Gasteiger charge is -2.33. The first-order valence-corrected chi connectivity index (χ1v) is 8.43. The highest BCUT2D eigenvalue weighted by Crippen LogP contribution is 2.40. The SMILES string of the molecule is O=C(CN1C(=O)N[C@@]2(CCOc3ccccc32)C1=O)c1cccs1. The van der Waals surface area contributed by atoms with E-state index < -0.39 is 17.5 Å². The number of fused-ring (bicyclic) bond motifs is 2. The number of carbonyl (C=O) groups is 3. The highest BCUT2D eigenvalue weighted by atomic mass is 32.1. The van der Waals surface area contributed by atoms with Gasteiger partial charge in [-0.2, -0.15) is 0 Å². The van der Waals surface area contributed by atoms with Gasteiger partial charge in [-0.1, -0.05) is 24.3 Å². The maximum atomic E-state index is 13.0. The number of hydrogen-bond acceptors (Lipinski definition) is 5. The van der Waals surface area contributed by atoms with Gasteiger partial charge in [0.25, 0.3) is 5.91 Å². The van der Waals surface area contributed by atoms with Crippen molar-refractivity contribution < 1.29 is 19.1 Å². The van der Waals surface area contributed by atoms with Crippen LogP contribution in [0.2, 0.25) is 0 Å². The van der Waals surface area contributed by atoms with E-state index in [0.29, 0.717) is 29.2 Å². The molecule has 0 aliphatic carbocycles. The van der Waals surface area contributed by atoms with Gasteiger partial charge in [-0.3, -0.25) is 14.5 Å². The van der Waals surface area contributed by atoms with Crippen LogP contribution in [-0.2, 0) is 10.3 Å². The van der Waals surface area contributed by atoms with Gasteiger partial charge in [0, 0.05) is 12.0 Å². The van der Waals surface area contributed by atoms with Crippen LogP contribution in [-0.4, -0.2) is 35.8 Å². The number of para-hydroxylation sites is 1. The zero-order chi connectivity index (χ0) is 16.7. The Balaban J connectivity index is 1.66. The average Bonchev–Trinajstić information content (AvgIpc) is 3.20. The number of nitrogens with zero attached hydrogens (tertiary/aromatic N) is 1. The molecule has 3 heterocycles. The minimum Gasteiger partial charge on any atom is -0.493 e. The number of Topliss-reactive ketones (excluding diaryl/α,β-unsaturated/α-hetero) is 1. The van der Waals surface area contributed by atoms with E-state index in [1.807, 2.05) is 6.07 Å². The molecular weight excluding hydrogens is 328 g/mol. The van der Waals surface area contributed by atoms with Gasteiger partial charge >= 0.3 is 6.03 Å². The van der Waals surface area contributed by atoms with Crippen molar-refractivity contribution in [3.8, 4) is 5.75 Å². The van der Waals surface area contributed by atoms with E-state index in [-0.39, 0.29) is 12.3 Å². The first-order valence-electron chi connectivity index (χ1n) is 7.55. The van der Waals surface area contributed by atoms with Gasteiger partial charge in [0.15, 0.2) is 11.3 Å². The zero-order valence-corrected chi connectivity index (χ0v) is 13.5. The summed E-state index contributed by atoms with van der Waals surface area (Å²) in [5.41, 5.74) is -0.498. The minimum atomic E-state index is -1.14. The molecule has 1 fully saturated rings. The predicted molar refractivity (Wildman–Crippen MR) is 87.1 cm³/mol. The molecule has 7 heteroatoms. The van der Waals surface area contributed by atoms with Crippen molar-refractivity contribution in [2.75, 3.05) is 13.2 Å². The summed E-state index contributed by atoms with van der Waals surface area (Å²) in [6.07, 6.45) is 0.346. The van der Waals surface area contributed by atoms with Gasteiger partial charge in [0.1, 0.15) is 5.75 Å². The Morgan fingerprint density at radius 2 is 2.08 bits per heavy atom. The van der Waals surface area contributed by atoms with Crippen molar-refractivity contribution in [2.45, 2.75) is 12.0 Å². The fourth-order valence-electron chi connectivity index (χ4n) is 3.17. The van der Waals surface area contributed by atoms with E-state index >= 15 is 0 Å². The van der Waals surface area contributed by atoms with E-state index in [0.717, 1.165) is 4.90 Å². The summed E-state index contributed by atoms with van der Waals surface area (Å²) < 4.78 is 5.58. The van der Waals surface area contributed by atoms with Crippen molar-refractivity contribution in [2.24, 2.45) is 0 Å². The molecule has 3 amide bonds. The fraction of sp³-hybridized carbons (Fsp3) is 0.235. The minimum absolute atomic E-state index is 0.245. The molecule has 2 aromatic rings. The van der Waals surface area contributed by atoms with Gasteiger partial charge in [0.2, 0.25) is 0 Å². The van der Waals surface area contributed by atoms with Crippen LogP contribution in [0, 0.1) is 0 Å². The van der Waals surface area contributed by atoms with Crippen LogP contribution < -0.4 is 10.1 Å². The number of urea groups is 1. The van der Waals surface area contributed by atoms with E-state index in [1.165, 1.54) is 11.3 Å². The van der Waals surface area contributed by atoms with E-state index in [1.54, 1.807) is 35.7 Å². The number of carbonyl (C=O) groups excluding carboxylic acids is 3. The topological polar surface area (TPSA) is 75.7 Å². The van der Waals surface area contributed by atoms with E-state index in [2.05, 4.69) is 5.32 Å². The third-order valence-electron chi connectivity index (χ3n) is 4.35. The number of nitrogens with one attached hydrogen (secondary N) is 1. The molecule has 24 heavy (non-hydrogen) atoms. The average molecular weight is 342 g/mol. The second-order valence-corrected chi connectivity index (χ2v) is 6.67. The van der Waals surface area contributed by atoms with Crippen LogP contribution in [0.5, 0.6) is 5.75 Å². The molecule has 1 aromatic heterocycles. The summed E-state index contributed by atoms with van der Waals surface area (Å²) in [7, 11) is 0. The normalized spacial score (nSPS) is 22.2. The lowest BCUT2D eigenvalue weighted by Crippen LogP contribution is -2.47. The number of imide groups is 1. The lowest BCUT2D eigenvalue weighted by molar-refractivity contribution is -0.132. The predicted octanol–water partition coefficient (Wildman–Crippen LogP) is 2.16. The van der Waals surface area contributed by atoms with Gasteiger partial charge in [-0.25, -0.2) is 4.79 Å². The Labute approximate surface area is 142 Å². The van der Waals surface area contributed by atoms with Gasteiger partial charge in [-0.05, 0) is 17.5 Å². The molecular formula is C17H14N2O4S. The van der Waals surface area contributed by atoms with Crippen LogP contribution >= 0.6 is 11.3 Å². The smallest absolute Gasteiger partial charge is 0.325 e. The summed E-state index contributed by atoms with van der Waals surface area (Å²) in [6, 6.07) is 10.1. The lowest BCUT2D eigenvalue weighted by atomic mass is 9.84. The summed E-state index contributed by atoms with van der Waals surface area (Å²) >= 11 is 1.29. The number of ketones is 1. The van der Waals surface area contributed by atoms with Crippen molar-refractivity contribution in [1.29, 1.82) is 0 Å². The second kappa shape index (κ2) is 5.45. The molecule has 2 aliphatic rings. The molecule has 6 nitrogen and oxygen atoms in total. The van der Waals surface area contributed by atoms with Crippen molar-refractivity contribution in [1.82, 2.24) is 10.2 Å². The van der Waals surface area contributed by atoms with E-state index in [9.17, 15) is 14.4 Å². The molecule has 2 aliphatic heterocycles. The number of rotatable bonds is 3. The summed E-state index contributed by atoms with van der Waals surface area (Å²) in [5.74, 6) is -0.0529. The third kappa shape index (κ3) is 2.12. The van der Waals surface area contributed by atoms with Crippen LogP contribution in [0.25, 0.3) is 0 Å². The Hall–Kier alpha value is -2.67.